The van der Waals surface area contributed by atoms with E-state index in [0.29, 0.717) is 6.42 Å². The van der Waals surface area contributed by atoms with E-state index in [0.717, 1.165) is 11.1 Å². The van der Waals surface area contributed by atoms with Crippen LogP contribution in [0.1, 0.15) is 17.2 Å². The van der Waals surface area contributed by atoms with Crippen molar-refractivity contribution in [3.8, 4) is 0 Å². The molecule has 0 saturated carbocycles. The van der Waals surface area contributed by atoms with Gasteiger partial charge in [-0.15, -0.1) is 0 Å². The van der Waals surface area contributed by atoms with E-state index in [4.69, 9.17) is 0 Å². The van der Waals surface area contributed by atoms with E-state index in [1.165, 1.54) is 24.3 Å². The van der Waals surface area contributed by atoms with Gasteiger partial charge in [-0.25, -0.2) is 4.39 Å². The van der Waals surface area contributed by atoms with Crippen LogP contribution < -0.4 is 5.32 Å². The third-order valence-electron chi connectivity index (χ3n) is 3.21. The molecule has 0 fully saturated rings. The Hall–Kier alpha value is -2.27. The van der Waals surface area contributed by atoms with Crippen molar-refractivity contribution in [2.75, 3.05) is 7.05 Å². The van der Waals surface area contributed by atoms with Gasteiger partial charge in [0.1, 0.15) is 5.82 Å². The molecule has 2 rings (SSSR count). The Morgan fingerprint density at radius 2 is 1.75 bits per heavy atom. The van der Waals surface area contributed by atoms with Crippen molar-refractivity contribution in [2.45, 2.75) is 12.5 Å². The quantitative estimate of drug-likeness (QED) is 0.672. The first-order valence-corrected chi connectivity index (χ1v) is 6.26. The number of nitro groups is 1. The van der Waals surface area contributed by atoms with Crippen LogP contribution in [-0.2, 0) is 6.42 Å². The average molecular weight is 274 g/mol. The summed E-state index contributed by atoms with van der Waals surface area (Å²) in [5.74, 6) is -0.265. The molecule has 0 heterocycles. The summed E-state index contributed by atoms with van der Waals surface area (Å²) in [7, 11) is 1.83. The molecule has 0 aliphatic heterocycles. The van der Waals surface area contributed by atoms with Gasteiger partial charge in [-0.1, -0.05) is 24.3 Å². The van der Waals surface area contributed by atoms with Gasteiger partial charge in [-0.05, 0) is 36.7 Å². The van der Waals surface area contributed by atoms with Crippen molar-refractivity contribution in [3.63, 3.8) is 0 Å². The van der Waals surface area contributed by atoms with Crippen LogP contribution in [0.15, 0.2) is 48.5 Å². The summed E-state index contributed by atoms with van der Waals surface area (Å²) in [4.78, 5) is 10.2. The first kappa shape index (κ1) is 14.1. The van der Waals surface area contributed by atoms with Gasteiger partial charge < -0.3 is 5.32 Å². The molecular weight excluding hydrogens is 259 g/mol. The SMILES string of the molecule is CNC(Cc1ccc([N+](=O)[O-])cc1)c1ccc(F)cc1. The highest BCUT2D eigenvalue weighted by Gasteiger charge is 2.11. The smallest absolute Gasteiger partial charge is 0.269 e. The summed E-state index contributed by atoms with van der Waals surface area (Å²) in [6, 6.07) is 12.8. The van der Waals surface area contributed by atoms with Crippen LogP contribution in [0, 0.1) is 15.9 Å². The van der Waals surface area contributed by atoms with Crippen LogP contribution >= 0.6 is 0 Å². The van der Waals surface area contributed by atoms with Crippen LogP contribution in [0.25, 0.3) is 0 Å². The summed E-state index contributed by atoms with van der Waals surface area (Å²) in [6.07, 6.45) is 0.681. The predicted molar refractivity (Wildman–Crippen MR) is 75.0 cm³/mol. The predicted octanol–water partition coefficient (Wildman–Crippen LogP) is 3.24. The second kappa shape index (κ2) is 6.25. The molecule has 104 valence electrons. The van der Waals surface area contributed by atoms with Crippen molar-refractivity contribution in [1.29, 1.82) is 0 Å². The zero-order valence-electron chi connectivity index (χ0n) is 11.0. The molecule has 1 atom stereocenters. The molecule has 0 aliphatic rings. The van der Waals surface area contributed by atoms with E-state index in [-0.39, 0.29) is 17.5 Å². The lowest BCUT2D eigenvalue weighted by molar-refractivity contribution is -0.384. The van der Waals surface area contributed by atoms with E-state index >= 15 is 0 Å². The highest BCUT2D eigenvalue weighted by Crippen LogP contribution is 2.20. The number of hydrogen-bond donors (Lipinski definition) is 1. The zero-order chi connectivity index (χ0) is 14.5. The summed E-state index contributed by atoms with van der Waals surface area (Å²) in [6.45, 7) is 0. The van der Waals surface area contributed by atoms with Crippen molar-refractivity contribution < 1.29 is 9.31 Å². The molecular formula is C15H15FN2O2. The van der Waals surface area contributed by atoms with Gasteiger partial charge in [0.25, 0.3) is 5.69 Å². The number of non-ortho nitro benzene ring substituents is 1. The number of halogens is 1. The van der Waals surface area contributed by atoms with Gasteiger partial charge >= 0.3 is 0 Å². The van der Waals surface area contributed by atoms with Crippen LogP contribution in [0.3, 0.4) is 0 Å². The number of nitrogens with one attached hydrogen (secondary N) is 1. The summed E-state index contributed by atoms with van der Waals surface area (Å²) in [5, 5.41) is 13.8. The number of nitro benzene ring substituents is 1. The Balaban J connectivity index is 2.13. The third-order valence-corrected chi connectivity index (χ3v) is 3.21. The molecule has 1 N–H and O–H groups in total. The number of benzene rings is 2. The number of nitrogens with zero attached hydrogens (tertiary/aromatic N) is 1. The number of rotatable bonds is 5. The Morgan fingerprint density at radius 3 is 2.25 bits per heavy atom. The summed E-state index contributed by atoms with van der Waals surface area (Å²) >= 11 is 0. The minimum Gasteiger partial charge on any atom is -0.313 e. The van der Waals surface area contributed by atoms with E-state index in [1.807, 2.05) is 7.05 Å². The van der Waals surface area contributed by atoms with Crippen molar-refractivity contribution in [3.05, 3.63) is 75.6 Å². The topological polar surface area (TPSA) is 55.2 Å². The number of likely N-dealkylation sites (N-methyl/N-ethyl adjacent to an activating group) is 1. The van der Waals surface area contributed by atoms with E-state index < -0.39 is 4.92 Å². The van der Waals surface area contributed by atoms with Crippen LogP contribution in [0.2, 0.25) is 0 Å². The molecule has 0 saturated heterocycles. The van der Waals surface area contributed by atoms with Gasteiger partial charge in [0.2, 0.25) is 0 Å². The molecule has 4 nitrogen and oxygen atoms in total. The Labute approximate surface area is 116 Å². The monoisotopic (exact) mass is 274 g/mol. The first-order valence-electron chi connectivity index (χ1n) is 6.26. The largest absolute Gasteiger partial charge is 0.313 e. The van der Waals surface area contributed by atoms with E-state index in [9.17, 15) is 14.5 Å². The highest BCUT2D eigenvalue weighted by molar-refractivity contribution is 5.34. The van der Waals surface area contributed by atoms with Crippen LogP contribution in [0.5, 0.6) is 0 Å². The molecule has 5 heteroatoms. The Bertz CT molecular complexity index is 582. The molecule has 0 amide bonds. The molecule has 0 spiro atoms. The summed E-state index contributed by atoms with van der Waals surface area (Å²) < 4.78 is 12.9. The molecule has 2 aromatic carbocycles. The zero-order valence-corrected chi connectivity index (χ0v) is 11.0. The molecule has 1 unspecified atom stereocenters. The van der Waals surface area contributed by atoms with E-state index in [1.54, 1.807) is 24.3 Å². The second-order valence-electron chi connectivity index (χ2n) is 4.52. The normalized spacial score (nSPS) is 12.1. The van der Waals surface area contributed by atoms with Gasteiger partial charge in [0.15, 0.2) is 0 Å². The van der Waals surface area contributed by atoms with Crippen LogP contribution in [-0.4, -0.2) is 12.0 Å². The average Bonchev–Trinajstić information content (AvgIpc) is 2.46. The van der Waals surface area contributed by atoms with Gasteiger partial charge in [0.05, 0.1) is 4.92 Å². The molecule has 0 radical (unpaired) electrons. The van der Waals surface area contributed by atoms with Gasteiger partial charge in [0, 0.05) is 18.2 Å². The van der Waals surface area contributed by atoms with Crippen molar-refractivity contribution in [1.82, 2.24) is 5.32 Å². The van der Waals surface area contributed by atoms with Crippen molar-refractivity contribution in [2.24, 2.45) is 0 Å². The van der Waals surface area contributed by atoms with Crippen molar-refractivity contribution >= 4 is 5.69 Å². The fourth-order valence-corrected chi connectivity index (χ4v) is 2.07. The first-order chi connectivity index (χ1) is 9.60. The second-order valence-corrected chi connectivity index (χ2v) is 4.52. The lowest BCUT2D eigenvalue weighted by Gasteiger charge is -2.16. The highest BCUT2D eigenvalue weighted by atomic mass is 19.1. The maximum Gasteiger partial charge on any atom is 0.269 e. The minimum absolute atomic E-state index is 0.0389. The minimum atomic E-state index is -0.417. The molecule has 0 aromatic heterocycles. The van der Waals surface area contributed by atoms with Gasteiger partial charge in [-0.3, -0.25) is 10.1 Å². The maximum atomic E-state index is 12.9. The Kier molecular flexibility index (Phi) is 4.42. The van der Waals surface area contributed by atoms with E-state index in [2.05, 4.69) is 5.32 Å². The van der Waals surface area contributed by atoms with Gasteiger partial charge in [-0.2, -0.15) is 0 Å². The standard InChI is InChI=1S/C15H15FN2O2/c1-17-15(12-4-6-13(16)7-5-12)10-11-2-8-14(9-3-11)18(19)20/h2-9,15,17H,10H2,1H3. The molecule has 0 bridgehead atoms. The fraction of sp³-hybridized carbons (Fsp3) is 0.200. The third kappa shape index (κ3) is 3.39. The molecule has 2 aromatic rings. The molecule has 0 aliphatic carbocycles. The lowest BCUT2D eigenvalue weighted by Crippen LogP contribution is -2.18. The lowest BCUT2D eigenvalue weighted by atomic mass is 9.99. The Morgan fingerprint density at radius 1 is 1.15 bits per heavy atom. The number of hydrogen-bond acceptors (Lipinski definition) is 3. The molecule has 20 heavy (non-hydrogen) atoms. The maximum absolute atomic E-state index is 12.9. The summed E-state index contributed by atoms with van der Waals surface area (Å²) in [5.41, 5.74) is 2.04. The fourth-order valence-electron chi connectivity index (χ4n) is 2.07. The van der Waals surface area contributed by atoms with Crippen LogP contribution in [0.4, 0.5) is 10.1 Å².